The topological polar surface area (TPSA) is 52.6 Å². The van der Waals surface area contributed by atoms with Crippen LogP contribution in [-0.2, 0) is 4.79 Å². The van der Waals surface area contributed by atoms with Gasteiger partial charge in [-0.1, -0.05) is 44.2 Å². The van der Waals surface area contributed by atoms with Crippen molar-refractivity contribution in [3.8, 4) is 11.3 Å². The quantitative estimate of drug-likeness (QED) is 0.671. The standard InChI is InChI=1S/C21H29N5O/c1-3-10-26(11-4-2)21-22-19(18-8-6-5-7-9-18)16-20(23-21)25-14-12-24(17-27)13-15-25/h5-9,16-17H,3-4,10-15H2,1-2H3. The number of benzene rings is 1. The van der Waals surface area contributed by atoms with E-state index in [1.807, 2.05) is 23.1 Å². The molecule has 0 spiro atoms. The monoisotopic (exact) mass is 367 g/mol. The first-order valence-corrected chi connectivity index (χ1v) is 9.89. The van der Waals surface area contributed by atoms with E-state index in [9.17, 15) is 4.79 Å². The van der Waals surface area contributed by atoms with Gasteiger partial charge in [0.25, 0.3) is 0 Å². The Balaban J connectivity index is 1.96. The molecule has 1 amide bonds. The summed E-state index contributed by atoms with van der Waals surface area (Å²) in [7, 11) is 0. The van der Waals surface area contributed by atoms with E-state index < -0.39 is 0 Å². The average Bonchev–Trinajstić information content (AvgIpc) is 2.74. The molecular formula is C21H29N5O. The number of nitrogens with zero attached hydrogens (tertiary/aromatic N) is 5. The third kappa shape index (κ3) is 4.76. The van der Waals surface area contributed by atoms with E-state index in [0.717, 1.165) is 81.5 Å². The predicted octanol–water partition coefficient (Wildman–Crippen LogP) is 3.05. The molecule has 2 heterocycles. The molecule has 1 fully saturated rings. The third-order valence-electron chi connectivity index (χ3n) is 4.83. The lowest BCUT2D eigenvalue weighted by molar-refractivity contribution is -0.118. The summed E-state index contributed by atoms with van der Waals surface area (Å²) in [5, 5.41) is 0. The molecule has 1 aromatic heterocycles. The Morgan fingerprint density at radius 3 is 2.26 bits per heavy atom. The highest BCUT2D eigenvalue weighted by Gasteiger charge is 2.20. The smallest absolute Gasteiger partial charge is 0.227 e. The van der Waals surface area contributed by atoms with Crippen LogP contribution in [0.15, 0.2) is 36.4 Å². The van der Waals surface area contributed by atoms with Crippen LogP contribution in [0.1, 0.15) is 26.7 Å². The minimum atomic E-state index is 0.733. The molecule has 6 nitrogen and oxygen atoms in total. The van der Waals surface area contributed by atoms with Crippen molar-refractivity contribution in [2.45, 2.75) is 26.7 Å². The maximum atomic E-state index is 11.0. The summed E-state index contributed by atoms with van der Waals surface area (Å²) >= 11 is 0. The minimum absolute atomic E-state index is 0.733. The Hall–Kier alpha value is -2.63. The van der Waals surface area contributed by atoms with Gasteiger partial charge in [0, 0.05) is 50.9 Å². The molecule has 0 aliphatic carbocycles. The number of aromatic nitrogens is 2. The van der Waals surface area contributed by atoms with Crippen LogP contribution in [-0.4, -0.2) is 60.5 Å². The SMILES string of the molecule is CCCN(CCC)c1nc(-c2ccccc2)cc(N2CCN(C=O)CC2)n1. The molecular weight excluding hydrogens is 338 g/mol. The summed E-state index contributed by atoms with van der Waals surface area (Å²) in [6.07, 6.45) is 3.06. The average molecular weight is 367 g/mol. The van der Waals surface area contributed by atoms with Crippen LogP contribution in [0.3, 0.4) is 0 Å². The molecule has 2 aromatic rings. The summed E-state index contributed by atoms with van der Waals surface area (Å²) in [5.74, 6) is 1.74. The molecule has 1 aliphatic rings. The van der Waals surface area contributed by atoms with Gasteiger partial charge in [-0.25, -0.2) is 4.98 Å². The van der Waals surface area contributed by atoms with Crippen LogP contribution in [0.2, 0.25) is 0 Å². The van der Waals surface area contributed by atoms with Gasteiger partial charge in [-0.15, -0.1) is 0 Å². The number of carbonyl (C=O) groups is 1. The van der Waals surface area contributed by atoms with Gasteiger partial charge in [-0.2, -0.15) is 4.98 Å². The van der Waals surface area contributed by atoms with Gasteiger partial charge < -0.3 is 14.7 Å². The normalized spacial score (nSPS) is 14.3. The van der Waals surface area contributed by atoms with Crippen molar-refractivity contribution in [1.82, 2.24) is 14.9 Å². The van der Waals surface area contributed by atoms with E-state index in [1.54, 1.807) is 0 Å². The lowest BCUT2D eigenvalue weighted by Crippen LogP contribution is -2.46. The number of hydrogen-bond donors (Lipinski definition) is 0. The zero-order valence-electron chi connectivity index (χ0n) is 16.3. The lowest BCUT2D eigenvalue weighted by Gasteiger charge is -2.34. The molecule has 3 rings (SSSR count). The maximum absolute atomic E-state index is 11.0. The molecule has 0 bridgehead atoms. The van der Waals surface area contributed by atoms with Crippen molar-refractivity contribution in [3.63, 3.8) is 0 Å². The highest BCUT2D eigenvalue weighted by Crippen LogP contribution is 2.25. The minimum Gasteiger partial charge on any atom is -0.353 e. The molecule has 1 aliphatic heterocycles. The molecule has 1 saturated heterocycles. The molecule has 0 atom stereocenters. The summed E-state index contributed by atoms with van der Waals surface area (Å²) < 4.78 is 0. The van der Waals surface area contributed by atoms with Gasteiger partial charge in [0.1, 0.15) is 5.82 Å². The van der Waals surface area contributed by atoms with Crippen molar-refractivity contribution in [2.24, 2.45) is 0 Å². The number of piperazine rings is 1. The van der Waals surface area contributed by atoms with E-state index in [4.69, 9.17) is 9.97 Å². The van der Waals surface area contributed by atoms with E-state index in [0.29, 0.717) is 0 Å². The second-order valence-corrected chi connectivity index (χ2v) is 6.89. The van der Waals surface area contributed by atoms with Crippen molar-refractivity contribution in [1.29, 1.82) is 0 Å². The summed E-state index contributed by atoms with van der Waals surface area (Å²) in [6, 6.07) is 12.3. The fraction of sp³-hybridized carbons (Fsp3) is 0.476. The zero-order chi connectivity index (χ0) is 19.1. The van der Waals surface area contributed by atoms with E-state index in [1.165, 1.54) is 0 Å². The fourth-order valence-electron chi connectivity index (χ4n) is 3.39. The number of rotatable bonds is 8. The first kappa shape index (κ1) is 19.1. The predicted molar refractivity (Wildman–Crippen MR) is 110 cm³/mol. The van der Waals surface area contributed by atoms with Crippen molar-refractivity contribution in [3.05, 3.63) is 36.4 Å². The molecule has 0 radical (unpaired) electrons. The first-order chi connectivity index (χ1) is 13.2. The maximum Gasteiger partial charge on any atom is 0.227 e. The van der Waals surface area contributed by atoms with Gasteiger partial charge >= 0.3 is 0 Å². The van der Waals surface area contributed by atoms with E-state index in [-0.39, 0.29) is 0 Å². The van der Waals surface area contributed by atoms with Gasteiger partial charge in [0.15, 0.2) is 0 Å². The fourth-order valence-corrected chi connectivity index (χ4v) is 3.39. The van der Waals surface area contributed by atoms with Gasteiger partial charge in [-0.05, 0) is 12.8 Å². The Labute approximate surface area is 161 Å². The van der Waals surface area contributed by atoms with Crippen molar-refractivity contribution >= 4 is 18.2 Å². The second kappa shape index (κ2) is 9.35. The van der Waals surface area contributed by atoms with Crippen LogP contribution >= 0.6 is 0 Å². The Bertz CT molecular complexity index is 723. The van der Waals surface area contributed by atoms with Gasteiger partial charge in [0.05, 0.1) is 5.69 Å². The summed E-state index contributed by atoms with van der Waals surface area (Å²) in [5.41, 5.74) is 2.05. The molecule has 0 unspecified atom stereocenters. The van der Waals surface area contributed by atoms with Gasteiger partial charge in [0.2, 0.25) is 12.4 Å². The molecule has 144 valence electrons. The Kier molecular flexibility index (Phi) is 6.63. The number of anilines is 2. The summed E-state index contributed by atoms with van der Waals surface area (Å²) in [6.45, 7) is 9.33. The molecule has 0 N–H and O–H groups in total. The van der Waals surface area contributed by atoms with Crippen LogP contribution in [0.5, 0.6) is 0 Å². The van der Waals surface area contributed by atoms with Crippen LogP contribution in [0.25, 0.3) is 11.3 Å². The lowest BCUT2D eigenvalue weighted by atomic mass is 10.1. The van der Waals surface area contributed by atoms with Crippen LogP contribution in [0, 0.1) is 0 Å². The number of amides is 1. The zero-order valence-corrected chi connectivity index (χ0v) is 16.3. The number of carbonyl (C=O) groups excluding carboxylic acids is 1. The summed E-state index contributed by atoms with van der Waals surface area (Å²) in [4.78, 5) is 27.1. The van der Waals surface area contributed by atoms with Crippen molar-refractivity contribution < 1.29 is 4.79 Å². The third-order valence-corrected chi connectivity index (χ3v) is 4.83. The largest absolute Gasteiger partial charge is 0.353 e. The number of hydrogen-bond acceptors (Lipinski definition) is 5. The highest BCUT2D eigenvalue weighted by atomic mass is 16.1. The molecule has 1 aromatic carbocycles. The molecule has 6 heteroatoms. The van der Waals surface area contributed by atoms with E-state index >= 15 is 0 Å². The van der Waals surface area contributed by atoms with Crippen molar-refractivity contribution in [2.75, 3.05) is 49.1 Å². The molecule has 0 saturated carbocycles. The van der Waals surface area contributed by atoms with E-state index in [2.05, 4.69) is 41.8 Å². The van der Waals surface area contributed by atoms with Crippen LogP contribution in [0.4, 0.5) is 11.8 Å². The first-order valence-electron chi connectivity index (χ1n) is 9.89. The van der Waals surface area contributed by atoms with Crippen LogP contribution < -0.4 is 9.80 Å². The second-order valence-electron chi connectivity index (χ2n) is 6.89. The Morgan fingerprint density at radius 1 is 1.00 bits per heavy atom. The van der Waals surface area contributed by atoms with Gasteiger partial charge in [-0.3, -0.25) is 4.79 Å². The highest BCUT2D eigenvalue weighted by molar-refractivity contribution is 5.65. The molecule has 27 heavy (non-hydrogen) atoms. The Morgan fingerprint density at radius 2 is 1.67 bits per heavy atom.